The van der Waals surface area contributed by atoms with Gasteiger partial charge in [0.15, 0.2) is 5.96 Å². The number of aliphatic imine (C=N–C) groups is 1. The van der Waals surface area contributed by atoms with Crippen molar-refractivity contribution in [2.45, 2.75) is 57.1 Å². The minimum absolute atomic E-state index is 0. The Labute approximate surface area is 181 Å². The maximum absolute atomic E-state index is 5.58. The summed E-state index contributed by atoms with van der Waals surface area (Å²) >= 11 is 2.07. The summed E-state index contributed by atoms with van der Waals surface area (Å²) in [4.78, 5) is 4.93. The topological polar surface area (TPSA) is 54.9 Å². The van der Waals surface area contributed by atoms with E-state index in [-0.39, 0.29) is 28.7 Å². The Hall–Kier alpha value is 0.270. The van der Waals surface area contributed by atoms with Crippen molar-refractivity contribution in [2.24, 2.45) is 10.4 Å². The van der Waals surface area contributed by atoms with Crippen LogP contribution in [0.5, 0.6) is 0 Å². The van der Waals surface area contributed by atoms with Gasteiger partial charge in [0.25, 0.3) is 0 Å². The molecule has 1 saturated heterocycles. The molecular formula is C19H38IN3O2S. The molecular weight excluding hydrogens is 461 g/mol. The van der Waals surface area contributed by atoms with E-state index in [1.54, 1.807) is 7.11 Å². The van der Waals surface area contributed by atoms with Crippen molar-refractivity contribution >= 4 is 41.7 Å². The third-order valence-corrected chi connectivity index (χ3v) is 7.05. The van der Waals surface area contributed by atoms with Crippen molar-refractivity contribution < 1.29 is 9.47 Å². The molecule has 2 aliphatic rings. The summed E-state index contributed by atoms with van der Waals surface area (Å²) in [5, 5.41) is 7.05. The van der Waals surface area contributed by atoms with Crippen LogP contribution in [0, 0.1) is 5.41 Å². The number of hydrogen-bond donors (Lipinski definition) is 2. The number of nitrogens with zero attached hydrogens (tertiary/aromatic N) is 1. The summed E-state index contributed by atoms with van der Waals surface area (Å²) in [6.45, 7) is 9.74. The largest absolute Gasteiger partial charge is 0.385 e. The molecule has 0 radical (unpaired) electrons. The number of thioether (sulfide) groups is 1. The number of rotatable bonds is 10. The highest BCUT2D eigenvalue weighted by atomic mass is 127. The van der Waals surface area contributed by atoms with Gasteiger partial charge in [0.2, 0.25) is 0 Å². The zero-order chi connectivity index (χ0) is 18.0. The van der Waals surface area contributed by atoms with Crippen LogP contribution in [0.15, 0.2) is 4.99 Å². The highest BCUT2D eigenvalue weighted by Gasteiger charge is 2.36. The van der Waals surface area contributed by atoms with Gasteiger partial charge in [-0.25, -0.2) is 0 Å². The van der Waals surface area contributed by atoms with Gasteiger partial charge >= 0.3 is 0 Å². The van der Waals surface area contributed by atoms with Gasteiger partial charge in [-0.3, -0.25) is 4.99 Å². The fourth-order valence-electron chi connectivity index (χ4n) is 3.74. The van der Waals surface area contributed by atoms with Gasteiger partial charge in [0.1, 0.15) is 0 Å². The van der Waals surface area contributed by atoms with Crippen LogP contribution in [-0.4, -0.2) is 63.0 Å². The Morgan fingerprint density at radius 2 is 1.88 bits per heavy atom. The van der Waals surface area contributed by atoms with Gasteiger partial charge in [0, 0.05) is 51.3 Å². The van der Waals surface area contributed by atoms with Gasteiger partial charge < -0.3 is 20.1 Å². The number of ether oxygens (including phenoxy) is 2. The molecule has 154 valence electrons. The van der Waals surface area contributed by atoms with E-state index in [0.717, 1.165) is 70.4 Å². The first-order valence-electron chi connectivity index (χ1n) is 9.90. The molecule has 0 aromatic carbocycles. The minimum Gasteiger partial charge on any atom is -0.385 e. The van der Waals surface area contributed by atoms with E-state index in [0.29, 0.717) is 5.41 Å². The Bertz CT molecular complexity index is 408. The normalized spacial score (nSPS) is 21.4. The van der Waals surface area contributed by atoms with Crippen LogP contribution in [0.2, 0.25) is 0 Å². The quantitative estimate of drug-likeness (QED) is 0.273. The van der Waals surface area contributed by atoms with E-state index >= 15 is 0 Å². The Morgan fingerprint density at radius 3 is 2.42 bits per heavy atom. The molecule has 2 fully saturated rings. The van der Waals surface area contributed by atoms with Gasteiger partial charge in [0.05, 0.1) is 0 Å². The fourth-order valence-corrected chi connectivity index (χ4v) is 4.98. The molecule has 7 heteroatoms. The highest BCUT2D eigenvalue weighted by Crippen LogP contribution is 2.44. The molecule has 0 unspecified atom stereocenters. The van der Waals surface area contributed by atoms with Crippen molar-refractivity contribution in [1.82, 2.24) is 10.6 Å². The van der Waals surface area contributed by atoms with Gasteiger partial charge in [-0.05, 0) is 50.2 Å². The molecule has 0 amide bonds. The number of methoxy groups -OCH3 is 1. The Morgan fingerprint density at radius 1 is 1.15 bits per heavy atom. The molecule has 1 aliphatic carbocycles. The van der Waals surface area contributed by atoms with Gasteiger partial charge in [-0.15, -0.1) is 24.0 Å². The van der Waals surface area contributed by atoms with Crippen molar-refractivity contribution in [3.8, 4) is 0 Å². The summed E-state index contributed by atoms with van der Waals surface area (Å²) in [5.41, 5.74) is 0.368. The molecule has 1 heterocycles. The molecule has 2 N–H and O–H groups in total. The minimum atomic E-state index is 0. The number of halogens is 1. The standard InChI is InChI=1S/C19H37N3O2S.HI/c1-4-20-17(21-15-18(7-6-8-18)9-12-23-3)22-16-19(25-5-2)10-13-24-14-11-19;/h4-16H2,1-3H3,(H2,20,21,22);1H. The first kappa shape index (κ1) is 24.3. The van der Waals surface area contributed by atoms with Crippen LogP contribution >= 0.6 is 35.7 Å². The SMILES string of the molecule is CCNC(=NCC1(CCOC)CCC1)NCC1(SCC)CCOCC1.I. The lowest BCUT2D eigenvalue weighted by molar-refractivity contribution is 0.0771. The lowest BCUT2D eigenvalue weighted by Crippen LogP contribution is -2.48. The third-order valence-electron chi connectivity index (χ3n) is 5.60. The predicted octanol–water partition coefficient (Wildman–Crippen LogP) is 3.67. The van der Waals surface area contributed by atoms with Crippen molar-refractivity contribution in [1.29, 1.82) is 0 Å². The molecule has 1 saturated carbocycles. The lowest BCUT2D eigenvalue weighted by atomic mass is 9.67. The van der Waals surface area contributed by atoms with Crippen molar-refractivity contribution in [2.75, 3.05) is 52.3 Å². The molecule has 0 atom stereocenters. The van der Waals surface area contributed by atoms with E-state index < -0.39 is 0 Å². The molecule has 5 nitrogen and oxygen atoms in total. The third kappa shape index (κ3) is 7.36. The van der Waals surface area contributed by atoms with E-state index in [1.807, 2.05) is 0 Å². The number of nitrogens with one attached hydrogen (secondary N) is 2. The van der Waals surface area contributed by atoms with Crippen LogP contribution in [0.1, 0.15) is 52.4 Å². The van der Waals surface area contributed by atoms with Crippen LogP contribution in [-0.2, 0) is 9.47 Å². The van der Waals surface area contributed by atoms with Crippen LogP contribution in [0.25, 0.3) is 0 Å². The van der Waals surface area contributed by atoms with Gasteiger partial charge in [-0.1, -0.05) is 13.3 Å². The average molecular weight is 500 g/mol. The summed E-state index contributed by atoms with van der Waals surface area (Å²) in [6.07, 6.45) is 7.27. The van der Waals surface area contributed by atoms with Gasteiger partial charge in [-0.2, -0.15) is 11.8 Å². The molecule has 1 aliphatic heterocycles. The zero-order valence-corrected chi connectivity index (χ0v) is 19.9. The van der Waals surface area contributed by atoms with E-state index in [1.165, 1.54) is 19.3 Å². The zero-order valence-electron chi connectivity index (χ0n) is 16.8. The number of guanidine groups is 1. The van der Waals surface area contributed by atoms with E-state index in [4.69, 9.17) is 14.5 Å². The Balaban J connectivity index is 0.00000338. The first-order chi connectivity index (χ1) is 12.2. The molecule has 0 bridgehead atoms. The van der Waals surface area contributed by atoms with Crippen LogP contribution in [0.3, 0.4) is 0 Å². The summed E-state index contributed by atoms with van der Waals surface area (Å²) in [6, 6.07) is 0. The van der Waals surface area contributed by atoms with Crippen LogP contribution in [0.4, 0.5) is 0 Å². The maximum atomic E-state index is 5.58. The van der Waals surface area contributed by atoms with Crippen molar-refractivity contribution in [3.63, 3.8) is 0 Å². The molecule has 26 heavy (non-hydrogen) atoms. The lowest BCUT2D eigenvalue weighted by Gasteiger charge is -2.41. The second-order valence-corrected chi connectivity index (χ2v) is 9.11. The predicted molar refractivity (Wildman–Crippen MR) is 123 cm³/mol. The second kappa shape index (κ2) is 12.7. The number of hydrogen-bond acceptors (Lipinski definition) is 4. The highest BCUT2D eigenvalue weighted by molar-refractivity contribution is 14.0. The molecule has 0 spiro atoms. The second-order valence-electron chi connectivity index (χ2n) is 7.37. The average Bonchev–Trinajstić information content (AvgIpc) is 2.59. The summed E-state index contributed by atoms with van der Waals surface area (Å²) < 4.78 is 11.2. The monoisotopic (exact) mass is 499 g/mol. The van der Waals surface area contributed by atoms with E-state index in [9.17, 15) is 0 Å². The smallest absolute Gasteiger partial charge is 0.191 e. The maximum Gasteiger partial charge on any atom is 0.191 e. The molecule has 2 rings (SSSR count). The van der Waals surface area contributed by atoms with Crippen LogP contribution < -0.4 is 10.6 Å². The molecule has 0 aromatic rings. The first-order valence-corrected chi connectivity index (χ1v) is 10.9. The fraction of sp³-hybridized carbons (Fsp3) is 0.947. The summed E-state index contributed by atoms with van der Waals surface area (Å²) in [5.74, 6) is 2.11. The van der Waals surface area contributed by atoms with Crippen molar-refractivity contribution in [3.05, 3.63) is 0 Å². The Kier molecular flexibility index (Phi) is 11.8. The van der Waals surface area contributed by atoms with E-state index in [2.05, 4.69) is 36.2 Å². The summed E-state index contributed by atoms with van der Waals surface area (Å²) in [7, 11) is 1.79. The molecule has 0 aromatic heterocycles.